The van der Waals surface area contributed by atoms with Gasteiger partial charge < -0.3 is 24.1 Å². The van der Waals surface area contributed by atoms with Crippen LogP contribution in [0.4, 0.5) is 11.4 Å². The quantitative estimate of drug-likeness (QED) is 0.319. The zero-order valence-electron chi connectivity index (χ0n) is 23.9. The Bertz CT molecular complexity index is 1700. The molecule has 4 aromatic rings. The van der Waals surface area contributed by atoms with Crippen LogP contribution in [0.25, 0.3) is 11.0 Å². The molecule has 0 saturated carbocycles. The average Bonchev–Trinajstić information content (AvgIpc) is 3.34. The Morgan fingerprint density at radius 1 is 1.05 bits per heavy atom. The Morgan fingerprint density at radius 3 is 2.49 bits per heavy atom. The van der Waals surface area contributed by atoms with E-state index in [0.29, 0.717) is 40.1 Å². The van der Waals surface area contributed by atoms with Crippen LogP contribution in [0.1, 0.15) is 54.9 Å². The third-order valence-corrected chi connectivity index (χ3v) is 7.83. The molecule has 0 saturated heterocycles. The largest absolute Gasteiger partial charge is 0.461 e. The Balaban J connectivity index is 1.53. The number of hydrogen-bond donors (Lipinski definition) is 1. The Morgan fingerprint density at radius 2 is 1.78 bits per heavy atom. The van der Waals surface area contributed by atoms with Gasteiger partial charge in [0.05, 0.1) is 22.8 Å². The summed E-state index contributed by atoms with van der Waals surface area (Å²) in [6.07, 6.45) is 2.27. The van der Waals surface area contributed by atoms with E-state index in [1.54, 1.807) is 73.8 Å². The number of aromatic nitrogens is 1. The van der Waals surface area contributed by atoms with Crippen molar-refractivity contribution in [3.63, 3.8) is 0 Å². The van der Waals surface area contributed by atoms with E-state index in [1.807, 2.05) is 37.3 Å². The predicted octanol–water partition coefficient (Wildman–Crippen LogP) is 5.14. The minimum absolute atomic E-state index is 0.167. The van der Waals surface area contributed by atoms with Crippen LogP contribution in [0, 0.1) is 12.3 Å². The molecule has 41 heavy (non-hydrogen) atoms. The lowest BCUT2D eigenvalue weighted by atomic mass is 9.91. The number of rotatable bonds is 7. The van der Waals surface area contributed by atoms with E-state index < -0.39 is 5.41 Å². The molecule has 0 aliphatic carbocycles. The van der Waals surface area contributed by atoms with E-state index in [4.69, 9.17) is 4.42 Å². The van der Waals surface area contributed by atoms with E-state index in [1.165, 1.54) is 4.90 Å². The summed E-state index contributed by atoms with van der Waals surface area (Å²) >= 11 is 0. The zero-order valence-corrected chi connectivity index (χ0v) is 23.9. The fraction of sp³-hybridized carbons (Fsp3) is 0.312. The van der Waals surface area contributed by atoms with Gasteiger partial charge >= 0.3 is 0 Å². The summed E-state index contributed by atoms with van der Waals surface area (Å²) in [5.74, 6) is -0.197. The summed E-state index contributed by atoms with van der Waals surface area (Å²) in [6.45, 7) is 7.55. The SMILES string of the molecule is CCC(c1ccc2c(c1)N(C)C(=O)C(C)(C)C(=O)N2)N(CCn1ccc2oc(C)cc2c1=O)C(=O)c1ccccc1. The fourth-order valence-corrected chi connectivity index (χ4v) is 5.42. The van der Waals surface area contributed by atoms with Gasteiger partial charge in [0, 0.05) is 31.9 Å². The van der Waals surface area contributed by atoms with Crippen molar-refractivity contribution in [1.29, 1.82) is 0 Å². The van der Waals surface area contributed by atoms with Gasteiger partial charge in [-0.2, -0.15) is 0 Å². The van der Waals surface area contributed by atoms with Gasteiger partial charge in [-0.3, -0.25) is 19.2 Å². The minimum atomic E-state index is -1.23. The number of anilines is 2. The van der Waals surface area contributed by atoms with E-state index in [-0.39, 0.29) is 42.4 Å². The number of aryl methyl sites for hydroxylation is 1. The molecule has 212 valence electrons. The lowest BCUT2D eigenvalue weighted by molar-refractivity contribution is -0.136. The first-order valence-electron chi connectivity index (χ1n) is 13.7. The summed E-state index contributed by atoms with van der Waals surface area (Å²) in [4.78, 5) is 56.3. The van der Waals surface area contributed by atoms with Crippen LogP contribution in [0.15, 0.2) is 76.1 Å². The maximum Gasteiger partial charge on any atom is 0.261 e. The van der Waals surface area contributed by atoms with Crippen molar-refractivity contribution in [2.75, 3.05) is 23.8 Å². The minimum Gasteiger partial charge on any atom is -0.461 e. The number of benzene rings is 2. The molecule has 9 nitrogen and oxygen atoms in total. The molecule has 0 spiro atoms. The predicted molar refractivity (Wildman–Crippen MR) is 158 cm³/mol. The molecule has 2 aromatic carbocycles. The lowest BCUT2D eigenvalue weighted by Crippen LogP contribution is -2.43. The number of carbonyl (C=O) groups excluding carboxylic acids is 3. The molecule has 5 rings (SSSR count). The van der Waals surface area contributed by atoms with Gasteiger partial charge in [0.15, 0.2) is 0 Å². The van der Waals surface area contributed by atoms with Crippen LogP contribution in [0.3, 0.4) is 0 Å². The summed E-state index contributed by atoms with van der Waals surface area (Å²) in [5, 5.41) is 3.38. The van der Waals surface area contributed by atoms with Crippen molar-refractivity contribution >= 4 is 40.1 Å². The summed E-state index contributed by atoms with van der Waals surface area (Å²) in [6, 6.07) is 17.7. The van der Waals surface area contributed by atoms with Gasteiger partial charge in [-0.1, -0.05) is 31.2 Å². The van der Waals surface area contributed by atoms with Crippen molar-refractivity contribution in [1.82, 2.24) is 9.47 Å². The molecule has 1 aliphatic rings. The first-order valence-corrected chi connectivity index (χ1v) is 13.7. The molecule has 3 amide bonds. The Labute approximate surface area is 238 Å². The standard InChI is InChI=1S/C32H34N4O5/c1-6-25(22-12-13-24-26(19-22)34(5)31(40)32(3,4)30(39)33-24)36(28(37)21-10-8-7-9-11-21)17-16-35-15-14-27-23(29(35)38)18-20(2)41-27/h7-15,18-19,25H,6,16-17H2,1-5H3,(H,33,39). The molecule has 2 aromatic heterocycles. The second kappa shape index (κ2) is 10.7. The van der Waals surface area contributed by atoms with Gasteiger partial charge in [-0.25, -0.2) is 0 Å². The molecule has 0 bridgehead atoms. The van der Waals surface area contributed by atoms with Crippen molar-refractivity contribution in [3.8, 4) is 0 Å². The van der Waals surface area contributed by atoms with Gasteiger partial charge in [-0.15, -0.1) is 0 Å². The number of carbonyl (C=O) groups is 3. The third kappa shape index (κ3) is 5.03. The number of pyridine rings is 1. The maximum atomic E-state index is 13.9. The average molecular weight is 555 g/mol. The normalized spacial score (nSPS) is 15.3. The zero-order chi connectivity index (χ0) is 29.5. The number of nitrogens with one attached hydrogen (secondary N) is 1. The van der Waals surface area contributed by atoms with Crippen LogP contribution >= 0.6 is 0 Å². The van der Waals surface area contributed by atoms with E-state index >= 15 is 0 Å². The molecule has 0 fully saturated rings. The Hall–Kier alpha value is -4.66. The molecule has 9 heteroatoms. The second-order valence-electron chi connectivity index (χ2n) is 11.0. The molecular weight excluding hydrogens is 520 g/mol. The third-order valence-electron chi connectivity index (χ3n) is 7.83. The smallest absolute Gasteiger partial charge is 0.261 e. The van der Waals surface area contributed by atoms with E-state index in [9.17, 15) is 19.2 Å². The van der Waals surface area contributed by atoms with Gasteiger partial charge in [-0.05, 0) is 69.2 Å². The van der Waals surface area contributed by atoms with Crippen LogP contribution in [-0.2, 0) is 16.1 Å². The van der Waals surface area contributed by atoms with Crippen molar-refractivity contribution < 1.29 is 18.8 Å². The first kappa shape index (κ1) is 27.9. The molecule has 3 heterocycles. The number of fused-ring (bicyclic) bond motifs is 2. The monoisotopic (exact) mass is 554 g/mol. The molecule has 1 unspecified atom stereocenters. The molecular formula is C32H34N4O5. The van der Waals surface area contributed by atoms with E-state index in [2.05, 4.69) is 5.32 Å². The molecule has 1 atom stereocenters. The van der Waals surface area contributed by atoms with Gasteiger partial charge in [0.1, 0.15) is 16.8 Å². The Kier molecular flexibility index (Phi) is 7.29. The first-order chi connectivity index (χ1) is 19.5. The van der Waals surface area contributed by atoms with Crippen molar-refractivity contribution in [2.24, 2.45) is 5.41 Å². The van der Waals surface area contributed by atoms with Crippen LogP contribution < -0.4 is 15.8 Å². The highest BCUT2D eigenvalue weighted by Gasteiger charge is 2.42. The summed E-state index contributed by atoms with van der Waals surface area (Å²) < 4.78 is 7.19. The summed E-state index contributed by atoms with van der Waals surface area (Å²) in [5.41, 5.74) is 1.58. The number of furan rings is 1. The highest BCUT2D eigenvalue weighted by Crippen LogP contribution is 2.38. The highest BCUT2D eigenvalue weighted by atomic mass is 16.3. The lowest BCUT2D eigenvalue weighted by Gasteiger charge is -2.33. The molecule has 0 radical (unpaired) electrons. The number of nitrogens with zero attached hydrogens (tertiary/aromatic N) is 3. The molecule has 1 N–H and O–H groups in total. The van der Waals surface area contributed by atoms with Crippen LogP contribution in [0.5, 0.6) is 0 Å². The van der Waals surface area contributed by atoms with Gasteiger partial charge in [0.25, 0.3) is 11.5 Å². The van der Waals surface area contributed by atoms with Crippen molar-refractivity contribution in [2.45, 2.75) is 46.7 Å². The topological polar surface area (TPSA) is 105 Å². The summed E-state index contributed by atoms with van der Waals surface area (Å²) in [7, 11) is 1.65. The van der Waals surface area contributed by atoms with E-state index in [0.717, 1.165) is 5.56 Å². The number of hydrogen-bond acceptors (Lipinski definition) is 5. The van der Waals surface area contributed by atoms with Gasteiger partial charge in [0.2, 0.25) is 11.8 Å². The second-order valence-corrected chi connectivity index (χ2v) is 11.0. The molecule has 1 aliphatic heterocycles. The van der Waals surface area contributed by atoms with Crippen LogP contribution in [0.2, 0.25) is 0 Å². The fourth-order valence-electron chi connectivity index (χ4n) is 5.42. The van der Waals surface area contributed by atoms with Crippen LogP contribution in [-0.4, -0.2) is 40.8 Å². The number of amides is 3. The van der Waals surface area contributed by atoms with Crippen molar-refractivity contribution in [3.05, 3.63) is 94.1 Å². The highest BCUT2D eigenvalue weighted by molar-refractivity contribution is 6.19. The maximum absolute atomic E-state index is 13.9.